The molecule has 10 nitrogen and oxygen atoms in total. The van der Waals surface area contributed by atoms with Crippen molar-refractivity contribution >= 4 is 39.6 Å². The quantitative estimate of drug-likeness (QED) is 0.214. The summed E-state index contributed by atoms with van der Waals surface area (Å²) in [6.45, 7) is 6.32. The molecule has 0 aliphatic carbocycles. The highest BCUT2D eigenvalue weighted by atomic mass is 16.5. The number of fused-ring (bicyclic) bond motifs is 3. The number of nitrogens with zero attached hydrogens (tertiary/aromatic N) is 4. The Kier molecular flexibility index (Phi) is 10.9. The number of nitrogens with two attached hydrogens (primary N) is 1. The molecule has 0 fully saturated rings. The molecule has 10 heteroatoms. The predicted molar refractivity (Wildman–Crippen MR) is 158 cm³/mol. The Labute approximate surface area is 230 Å². The van der Waals surface area contributed by atoms with E-state index in [4.69, 9.17) is 15.6 Å². The van der Waals surface area contributed by atoms with Gasteiger partial charge in [-0.05, 0) is 37.1 Å². The van der Waals surface area contributed by atoms with Crippen molar-refractivity contribution in [1.82, 2.24) is 24.8 Å². The Bertz CT molecular complexity index is 1380. The Morgan fingerprint density at radius 1 is 1.15 bits per heavy atom. The van der Waals surface area contributed by atoms with E-state index in [1.54, 1.807) is 33.0 Å². The maximum absolute atomic E-state index is 11.9. The van der Waals surface area contributed by atoms with Crippen LogP contribution < -0.4 is 21.1 Å². The highest BCUT2D eigenvalue weighted by Crippen LogP contribution is 2.34. The van der Waals surface area contributed by atoms with Crippen LogP contribution in [0.1, 0.15) is 37.8 Å². The Hall–Kier alpha value is -3.89. The zero-order chi connectivity index (χ0) is 28.4. The van der Waals surface area contributed by atoms with Crippen LogP contribution in [0.3, 0.4) is 0 Å². The third-order valence-corrected chi connectivity index (χ3v) is 6.22. The third-order valence-electron chi connectivity index (χ3n) is 6.22. The van der Waals surface area contributed by atoms with Crippen molar-refractivity contribution in [2.75, 3.05) is 52.0 Å². The summed E-state index contributed by atoms with van der Waals surface area (Å²) in [7, 11) is 5.19. The highest BCUT2D eigenvalue weighted by Gasteiger charge is 2.19. The lowest BCUT2D eigenvalue weighted by molar-refractivity contribution is -0.127. The fraction of sp³-hybridized carbons (Fsp3) is 0.414. The van der Waals surface area contributed by atoms with Crippen LogP contribution in [-0.2, 0) is 17.9 Å². The number of para-hydroxylation sites is 1. The normalized spacial score (nSPS) is 10.8. The molecule has 210 valence electrons. The molecule has 0 spiro atoms. The molecule has 0 atom stereocenters. The first kappa shape index (κ1) is 29.7. The number of amides is 1. The fourth-order valence-electron chi connectivity index (χ4n) is 4.32. The molecule has 4 rings (SSSR count). The molecule has 0 aliphatic rings. The van der Waals surface area contributed by atoms with Crippen molar-refractivity contribution in [3.63, 3.8) is 0 Å². The van der Waals surface area contributed by atoms with Crippen LogP contribution in [0.4, 0.5) is 11.8 Å². The van der Waals surface area contributed by atoms with Gasteiger partial charge in [0.2, 0.25) is 11.9 Å². The number of nitrogen functional groups attached to an aromatic ring is 1. The maximum atomic E-state index is 11.9. The zero-order valence-electron chi connectivity index (χ0n) is 23.6. The average molecular weight is 536 g/mol. The number of rotatable bonds is 11. The fourth-order valence-corrected chi connectivity index (χ4v) is 4.32. The lowest BCUT2D eigenvalue weighted by Gasteiger charge is -2.16. The van der Waals surface area contributed by atoms with Crippen molar-refractivity contribution in [3.05, 3.63) is 53.6 Å². The van der Waals surface area contributed by atoms with Crippen LogP contribution in [-0.4, -0.2) is 71.4 Å². The number of aliphatic hydroxyl groups is 1. The molecule has 0 bridgehead atoms. The van der Waals surface area contributed by atoms with Gasteiger partial charge in [0.1, 0.15) is 16.8 Å². The standard InChI is InChI=1S/C27H35N7O2.C2H6O/c1-5-6-13-30-26-25-24(31-27(28)32-26)20-9-7-8-10-21(20)34(25)17-19-14-18(11-12-22(19)36-4)15-29-16-23(35)33(2)3;1-2-3/h7-12,14,29H,5-6,13,15-17H2,1-4H3,(H3,28,30,31,32);3H,2H2,1H3. The molecule has 1 amide bonds. The van der Waals surface area contributed by atoms with Gasteiger partial charge < -0.3 is 35.7 Å². The van der Waals surface area contributed by atoms with Crippen LogP contribution >= 0.6 is 0 Å². The molecular formula is C29H41N7O3. The summed E-state index contributed by atoms with van der Waals surface area (Å²) in [6.07, 6.45) is 2.11. The number of hydrogen-bond acceptors (Lipinski definition) is 8. The van der Waals surface area contributed by atoms with E-state index in [9.17, 15) is 4.79 Å². The summed E-state index contributed by atoms with van der Waals surface area (Å²) in [6, 6.07) is 14.3. The number of anilines is 2. The second-order valence-corrected chi connectivity index (χ2v) is 9.37. The lowest BCUT2D eigenvalue weighted by atomic mass is 10.1. The molecule has 0 aliphatic heterocycles. The molecule has 0 saturated heterocycles. The van der Waals surface area contributed by atoms with Crippen LogP contribution in [0.25, 0.3) is 21.9 Å². The Morgan fingerprint density at radius 2 is 1.90 bits per heavy atom. The molecule has 0 saturated carbocycles. The third kappa shape index (κ3) is 7.36. The SMILES string of the molecule is CCCCNc1nc(N)nc2c3ccccc3n(Cc3cc(CNCC(=O)N(C)C)ccc3OC)c12.CCO. The van der Waals surface area contributed by atoms with Crippen LogP contribution in [0, 0.1) is 0 Å². The first-order chi connectivity index (χ1) is 18.8. The van der Waals surface area contributed by atoms with Crippen molar-refractivity contribution in [3.8, 4) is 5.75 Å². The first-order valence-corrected chi connectivity index (χ1v) is 13.3. The van der Waals surface area contributed by atoms with Crippen molar-refractivity contribution in [2.45, 2.75) is 39.8 Å². The summed E-state index contributed by atoms with van der Waals surface area (Å²) in [5, 5.41) is 15.3. The summed E-state index contributed by atoms with van der Waals surface area (Å²) in [5.41, 5.74) is 11.0. The van der Waals surface area contributed by atoms with Gasteiger partial charge in [-0.2, -0.15) is 4.98 Å². The molecule has 39 heavy (non-hydrogen) atoms. The van der Waals surface area contributed by atoms with E-state index in [0.717, 1.165) is 64.0 Å². The lowest BCUT2D eigenvalue weighted by Crippen LogP contribution is -2.32. The van der Waals surface area contributed by atoms with E-state index in [1.165, 1.54) is 0 Å². The molecule has 2 heterocycles. The highest BCUT2D eigenvalue weighted by molar-refractivity contribution is 6.09. The number of unbranched alkanes of at least 4 members (excludes halogenated alkanes) is 1. The van der Waals surface area contributed by atoms with Gasteiger partial charge in [-0.3, -0.25) is 4.79 Å². The average Bonchev–Trinajstić information content (AvgIpc) is 3.22. The number of carbonyl (C=O) groups excluding carboxylic acids is 1. The summed E-state index contributed by atoms with van der Waals surface area (Å²) in [4.78, 5) is 22.7. The van der Waals surface area contributed by atoms with Gasteiger partial charge in [0, 0.05) is 44.7 Å². The van der Waals surface area contributed by atoms with Gasteiger partial charge in [-0.25, -0.2) is 4.98 Å². The second-order valence-electron chi connectivity index (χ2n) is 9.37. The zero-order valence-corrected chi connectivity index (χ0v) is 23.6. The van der Waals surface area contributed by atoms with E-state index < -0.39 is 0 Å². The predicted octanol–water partition coefficient (Wildman–Crippen LogP) is 3.61. The van der Waals surface area contributed by atoms with Gasteiger partial charge in [0.25, 0.3) is 0 Å². The van der Waals surface area contributed by atoms with Crippen molar-refractivity contribution in [1.29, 1.82) is 0 Å². The molecule has 2 aromatic heterocycles. The molecule has 4 aromatic rings. The maximum Gasteiger partial charge on any atom is 0.236 e. The summed E-state index contributed by atoms with van der Waals surface area (Å²) in [5.74, 6) is 1.82. The van der Waals surface area contributed by atoms with Crippen LogP contribution in [0.2, 0.25) is 0 Å². The van der Waals surface area contributed by atoms with Gasteiger partial charge in [-0.15, -0.1) is 0 Å². The second kappa shape index (κ2) is 14.3. The number of likely N-dealkylation sites (N-methyl/N-ethyl adjacent to an activating group) is 1. The Balaban J connectivity index is 0.00000134. The molecule has 2 aromatic carbocycles. The minimum absolute atomic E-state index is 0.0383. The van der Waals surface area contributed by atoms with Crippen molar-refractivity contribution < 1.29 is 14.6 Å². The number of methoxy groups -OCH3 is 1. The first-order valence-electron chi connectivity index (χ1n) is 13.3. The topological polar surface area (TPSA) is 131 Å². The number of carbonyl (C=O) groups is 1. The van der Waals surface area contributed by atoms with E-state index in [2.05, 4.69) is 50.3 Å². The number of aliphatic hydroxyl groups excluding tert-OH is 1. The van der Waals surface area contributed by atoms with Gasteiger partial charge in [0.15, 0.2) is 5.82 Å². The number of hydrogen-bond donors (Lipinski definition) is 4. The van der Waals surface area contributed by atoms with Gasteiger partial charge in [0.05, 0.1) is 25.7 Å². The number of ether oxygens (including phenoxy) is 1. The molecule has 5 N–H and O–H groups in total. The number of benzene rings is 2. The summed E-state index contributed by atoms with van der Waals surface area (Å²) < 4.78 is 7.94. The van der Waals surface area contributed by atoms with Crippen LogP contribution in [0.15, 0.2) is 42.5 Å². The monoisotopic (exact) mass is 535 g/mol. The van der Waals surface area contributed by atoms with Gasteiger partial charge >= 0.3 is 0 Å². The summed E-state index contributed by atoms with van der Waals surface area (Å²) >= 11 is 0. The molecule has 0 radical (unpaired) electrons. The smallest absolute Gasteiger partial charge is 0.236 e. The van der Waals surface area contributed by atoms with E-state index in [-0.39, 0.29) is 25.0 Å². The number of nitrogens with one attached hydrogen (secondary N) is 2. The van der Waals surface area contributed by atoms with E-state index in [0.29, 0.717) is 13.1 Å². The van der Waals surface area contributed by atoms with Crippen molar-refractivity contribution in [2.24, 2.45) is 0 Å². The molecular weight excluding hydrogens is 494 g/mol. The minimum Gasteiger partial charge on any atom is -0.496 e. The number of aromatic nitrogens is 3. The molecule has 0 unspecified atom stereocenters. The van der Waals surface area contributed by atoms with E-state index >= 15 is 0 Å². The Morgan fingerprint density at radius 3 is 2.59 bits per heavy atom. The van der Waals surface area contributed by atoms with Crippen LogP contribution in [0.5, 0.6) is 5.75 Å². The largest absolute Gasteiger partial charge is 0.496 e. The minimum atomic E-state index is 0.0383. The van der Waals surface area contributed by atoms with E-state index in [1.807, 2.05) is 24.3 Å². The van der Waals surface area contributed by atoms with Gasteiger partial charge in [-0.1, -0.05) is 37.6 Å².